The van der Waals surface area contributed by atoms with Gasteiger partial charge >= 0.3 is 0 Å². The molecule has 0 aliphatic carbocycles. The summed E-state index contributed by atoms with van der Waals surface area (Å²) in [5.41, 5.74) is 3.13. The van der Waals surface area contributed by atoms with E-state index in [2.05, 4.69) is 38.9 Å². The van der Waals surface area contributed by atoms with E-state index in [1.54, 1.807) is 17.7 Å². The molecule has 5 nitrogen and oxygen atoms in total. The lowest BCUT2D eigenvalue weighted by Crippen LogP contribution is -2.08. The maximum Gasteiger partial charge on any atom is 0.165 e. The molecular weight excluding hydrogens is 282 g/mol. The SMILES string of the molecule is Cc1nc(C(C)Nc2ccccc2-c2nncn2C)cs1. The van der Waals surface area contributed by atoms with Gasteiger partial charge in [0.05, 0.1) is 16.7 Å². The lowest BCUT2D eigenvalue weighted by atomic mass is 10.1. The second kappa shape index (κ2) is 5.65. The van der Waals surface area contributed by atoms with Crippen molar-refractivity contribution in [2.24, 2.45) is 7.05 Å². The molecule has 0 spiro atoms. The third-order valence-corrected chi connectivity index (χ3v) is 4.12. The van der Waals surface area contributed by atoms with Crippen molar-refractivity contribution in [1.82, 2.24) is 19.7 Å². The highest BCUT2D eigenvalue weighted by molar-refractivity contribution is 7.09. The maximum absolute atomic E-state index is 4.54. The van der Waals surface area contributed by atoms with Crippen molar-refractivity contribution >= 4 is 17.0 Å². The second-order valence-electron chi connectivity index (χ2n) is 4.97. The van der Waals surface area contributed by atoms with Crippen LogP contribution in [0.4, 0.5) is 5.69 Å². The first-order valence-corrected chi connectivity index (χ1v) is 7.65. The Balaban J connectivity index is 1.91. The molecule has 1 N–H and O–H groups in total. The van der Waals surface area contributed by atoms with Crippen LogP contribution in [0.3, 0.4) is 0 Å². The summed E-state index contributed by atoms with van der Waals surface area (Å²) in [5, 5.41) is 14.8. The Bertz CT molecular complexity index is 746. The lowest BCUT2D eigenvalue weighted by Gasteiger charge is -2.16. The van der Waals surface area contributed by atoms with Crippen LogP contribution in [0.15, 0.2) is 36.0 Å². The Morgan fingerprint density at radius 1 is 1.29 bits per heavy atom. The van der Waals surface area contributed by atoms with Gasteiger partial charge in [0.1, 0.15) is 6.33 Å². The number of thiazole rings is 1. The minimum atomic E-state index is 0.143. The van der Waals surface area contributed by atoms with Crippen LogP contribution in [-0.4, -0.2) is 19.7 Å². The largest absolute Gasteiger partial charge is 0.376 e. The van der Waals surface area contributed by atoms with Gasteiger partial charge in [0.15, 0.2) is 5.82 Å². The van der Waals surface area contributed by atoms with Crippen molar-refractivity contribution in [2.75, 3.05) is 5.32 Å². The molecule has 2 aromatic heterocycles. The zero-order chi connectivity index (χ0) is 14.8. The Kier molecular flexibility index (Phi) is 3.70. The van der Waals surface area contributed by atoms with Crippen LogP contribution in [0.2, 0.25) is 0 Å². The zero-order valence-electron chi connectivity index (χ0n) is 12.2. The molecule has 0 fully saturated rings. The highest BCUT2D eigenvalue weighted by Gasteiger charge is 2.14. The molecule has 2 heterocycles. The van der Waals surface area contributed by atoms with E-state index in [-0.39, 0.29) is 6.04 Å². The van der Waals surface area contributed by atoms with Gasteiger partial charge in [0, 0.05) is 23.7 Å². The highest BCUT2D eigenvalue weighted by Crippen LogP contribution is 2.29. The molecule has 0 aliphatic heterocycles. The predicted octanol–water partition coefficient (Wildman–Crippen LogP) is 3.42. The van der Waals surface area contributed by atoms with Crippen molar-refractivity contribution in [3.8, 4) is 11.4 Å². The van der Waals surface area contributed by atoms with Gasteiger partial charge in [-0.05, 0) is 26.0 Å². The van der Waals surface area contributed by atoms with Crippen molar-refractivity contribution in [2.45, 2.75) is 19.9 Å². The standard InChI is InChI=1S/C15H17N5S/c1-10(14-8-21-11(2)18-14)17-13-7-5-4-6-12(13)15-19-16-9-20(15)3/h4-10,17H,1-3H3. The molecule has 0 aliphatic rings. The molecule has 0 radical (unpaired) electrons. The average Bonchev–Trinajstić information content (AvgIpc) is 3.08. The third-order valence-electron chi connectivity index (χ3n) is 3.33. The summed E-state index contributed by atoms with van der Waals surface area (Å²) in [4.78, 5) is 4.54. The summed E-state index contributed by atoms with van der Waals surface area (Å²) >= 11 is 1.67. The third kappa shape index (κ3) is 2.80. The fourth-order valence-corrected chi connectivity index (χ4v) is 2.92. The van der Waals surface area contributed by atoms with Crippen molar-refractivity contribution < 1.29 is 0 Å². The number of hydrogen-bond acceptors (Lipinski definition) is 5. The van der Waals surface area contributed by atoms with Gasteiger partial charge in [-0.15, -0.1) is 21.5 Å². The number of aryl methyl sites for hydroxylation is 2. The monoisotopic (exact) mass is 299 g/mol. The molecule has 1 aromatic carbocycles. The summed E-state index contributed by atoms with van der Waals surface area (Å²) in [6.07, 6.45) is 1.71. The topological polar surface area (TPSA) is 55.6 Å². The Hall–Kier alpha value is -2.21. The number of nitrogens with one attached hydrogen (secondary N) is 1. The molecule has 3 rings (SSSR count). The van der Waals surface area contributed by atoms with E-state index in [4.69, 9.17) is 0 Å². The molecule has 0 bridgehead atoms. The fourth-order valence-electron chi connectivity index (χ4n) is 2.22. The number of benzene rings is 1. The van der Waals surface area contributed by atoms with E-state index in [1.807, 2.05) is 36.7 Å². The molecule has 21 heavy (non-hydrogen) atoms. The smallest absolute Gasteiger partial charge is 0.165 e. The molecule has 0 saturated carbocycles. The molecule has 6 heteroatoms. The van der Waals surface area contributed by atoms with Crippen LogP contribution in [-0.2, 0) is 7.05 Å². The summed E-state index contributed by atoms with van der Waals surface area (Å²) in [6.45, 7) is 4.14. The first-order chi connectivity index (χ1) is 10.1. The van der Waals surface area contributed by atoms with Crippen LogP contribution in [0, 0.1) is 6.92 Å². The van der Waals surface area contributed by atoms with E-state index in [1.165, 1.54) is 0 Å². The molecule has 0 amide bonds. The molecule has 3 aromatic rings. The van der Waals surface area contributed by atoms with Crippen molar-refractivity contribution in [3.05, 3.63) is 46.7 Å². The molecular formula is C15H17N5S. The van der Waals surface area contributed by atoms with Crippen molar-refractivity contribution in [1.29, 1.82) is 0 Å². The molecule has 0 saturated heterocycles. The molecule has 108 valence electrons. The number of nitrogens with zero attached hydrogens (tertiary/aromatic N) is 4. The summed E-state index contributed by atoms with van der Waals surface area (Å²) in [7, 11) is 1.94. The van der Waals surface area contributed by atoms with E-state index in [0.29, 0.717) is 0 Å². The first kappa shape index (κ1) is 13.8. The van der Waals surface area contributed by atoms with Gasteiger partial charge < -0.3 is 9.88 Å². The van der Waals surface area contributed by atoms with E-state index in [0.717, 1.165) is 27.8 Å². The van der Waals surface area contributed by atoms with E-state index < -0.39 is 0 Å². The lowest BCUT2D eigenvalue weighted by molar-refractivity contribution is 0.844. The van der Waals surface area contributed by atoms with Gasteiger partial charge in [-0.25, -0.2) is 4.98 Å². The summed E-state index contributed by atoms with van der Waals surface area (Å²) < 4.78 is 1.91. The van der Waals surface area contributed by atoms with Crippen LogP contribution < -0.4 is 5.32 Å². The minimum absolute atomic E-state index is 0.143. The van der Waals surface area contributed by atoms with Gasteiger partial charge in [-0.2, -0.15) is 0 Å². The number of aromatic nitrogens is 4. The number of para-hydroxylation sites is 1. The van der Waals surface area contributed by atoms with E-state index in [9.17, 15) is 0 Å². The Morgan fingerprint density at radius 3 is 2.76 bits per heavy atom. The highest BCUT2D eigenvalue weighted by atomic mass is 32.1. The molecule has 1 unspecified atom stereocenters. The normalized spacial score (nSPS) is 12.3. The quantitative estimate of drug-likeness (QED) is 0.802. The average molecular weight is 299 g/mol. The minimum Gasteiger partial charge on any atom is -0.376 e. The number of hydrogen-bond donors (Lipinski definition) is 1. The van der Waals surface area contributed by atoms with Gasteiger partial charge in [0.25, 0.3) is 0 Å². The maximum atomic E-state index is 4.54. The summed E-state index contributed by atoms with van der Waals surface area (Å²) in [6, 6.07) is 8.27. The first-order valence-electron chi connectivity index (χ1n) is 6.77. The number of rotatable bonds is 4. The Labute approximate surface area is 127 Å². The zero-order valence-corrected chi connectivity index (χ0v) is 13.1. The Morgan fingerprint density at radius 2 is 2.10 bits per heavy atom. The number of anilines is 1. The summed E-state index contributed by atoms with van der Waals surface area (Å²) in [5.74, 6) is 0.847. The van der Waals surface area contributed by atoms with Gasteiger partial charge in [-0.1, -0.05) is 12.1 Å². The van der Waals surface area contributed by atoms with Crippen molar-refractivity contribution in [3.63, 3.8) is 0 Å². The van der Waals surface area contributed by atoms with Crippen LogP contribution >= 0.6 is 11.3 Å². The fraction of sp³-hybridized carbons (Fsp3) is 0.267. The van der Waals surface area contributed by atoms with Gasteiger partial charge in [0.2, 0.25) is 0 Å². The predicted molar refractivity (Wildman–Crippen MR) is 85.3 cm³/mol. The van der Waals surface area contributed by atoms with Crippen LogP contribution in [0.1, 0.15) is 23.7 Å². The van der Waals surface area contributed by atoms with Gasteiger partial charge in [-0.3, -0.25) is 0 Å². The second-order valence-corrected chi connectivity index (χ2v) is 6.03. The van der Waals surface area contributed by atoms with Crippen LogP contribution in [0.5, 0.6) is 0 Å². The van der Waals surface area contributed by atoms with Crippen LogP contribution in [0.25, 0.3) is 11.4 Å². The van der Waals surface area contributed by atoms with E-state index >= 15 is 0 Å². The molecule has 1 atom stereocenters.